The summed E-state index contributed by atoms with van der Waals surface area (Å²) >= 11 is 0. The Balaban J connectivity index is 1.83. The van der Waals surface area contributed by atoms with E-state index < -0.39 is 0 Å². The van der Waals surface area contributed by atoms with E-state index in [0.29, 0.717) is 24.6 Å². The molecule has 6 heteroatoms. The second-order valence-electron chi connectivity index (χ2n) is 6.75. The molecule has 1 atom stereocenters. The maximum Gasteiger partial charge on any atom is 0.251 e. The highest BCUT2D eigenvalue weighted by Gasteiger charge is 2.16. The fraction of sp³-hybridized carbons (Fsp3) is 0.579. The molecular formula is C19H30N4O2. The van der Waals surface area contributed by atoms with Crippen LogP contribution in [0.5, 0.6) is 0 Å². The minimum Gasteiger partial charge on any atom is -0.376 e. The first-order valence-electron chi connectivity index (χ1n) is 9.01. The van der Waals surface area contributed by atoms with Crippen molar-refractivity contribution in [3.05, 3.63) is 35.4 Å². The van der Waals surface area contributed by atoms with Crippen LogP contribution in [0.25, 0.3) is 0 Å². The minimum absolute atomic E-state index is 0.0559. The molecule has 25 heavy (non-hydrogen) atoms. The van der Waals surface area contributed by atoms with Crippen molar-refractivity contribution in [3.8, 4) is 0 Å². The Hall–Kier alpha value is -2.08. The zero-order valence-electron chi connectivity index (χ0n) is 15.5. The van der Waals surface area contributed by atoms with E-state index in [1.807, 2.05) is 24.3 Å². The summed E-state index contributed by atoms with van der Waals surface area (Å²) in [6.07, 6.45) is 2.25. The van der Waals surface area contributed by atoms with E-state index in [2.05, 4.69) is 34.8 Å². The van der Waals surface area contributed by atoms with E-state index in [1.54, 1.807) is 7.05 Å². The van der Waals surface area contributed by atoms with Gasteiger partial charge in [0.05, 0.1) is 6.10 Å². The van der Waals surface area contributed by atoms with Crippen molar-refractivity contribution in [2.75, 3.05) is 26.7 Å². The molecule has 2 rings (SSSR count). The number of carbonyl (C=O) groups excluding carboxylic acids is 1. The Bertz CT molecular complexity index is 581. The second kappa shape index (κ2) is 10.0. The van der Waals surface area contributed by atoms with Crippen molar-refractivity contribution < 1.29 is 9.53 Å². The molecule has 1 heterocycles. The Morgan fingerprint density at radius 2 is 2.16 bits per heavy atom. The summed E-state index contributed by atoms with van der Waals surface area (Å²) in [6, 6.07) is 7.65. The van der Waals surface area contributed by atoms with Crippen LogP contribution in [-0.2, 0) is 11.3 Å². The van der Waals surface area contributed by atoms with Crippen molar-refractivity contribution >= 4 is 11.9 Å². The van der Waals surface area contributed by atoms with Gasteiger partial charge >= 0.3 is 0 Å². The number of nitrogens with zero attached hydrogens (tertiary/aromatic N) is 1. The lowest BCUT2D eigenvalue weighted by atomic mass is 10.1. The largest absolute Gasteiger partial charge is 0.376 e. The zero-order chi connectivity index (χ0) is 18.1. The first-order chi connectivity index (χ1) is 12.1. The Morgan fingerprint density at radius 3 is 2.84 bits per heavy atom. The molecule has 1 saturated heterocycles. The summed E-state index contributed by atoms with van der Waals surface area (Å²) in [5.74, 6) is 1.26. The van der Waals surface area contributed by atoms with Crippen LogP contribution in [0.4, 0.5) is 0 Å². The van der Waals surface area contributed by atoms with Crippen molar-refractivity contribution in [1.29, 1.82) is 0 Å². The summed E-state index contributed by atoms with van der Waals surface area (Å²) in [6.45, 7) is 7.16. The second-order valence-corrected chi connectivity index (χ2v) is 6.75. The topological polar surface area (TPSA) is 74.8 Å². The molecule has 0 bridgehead atoms. The van der Waals surface area contributed by atoms with E-state index in [1.165, 1.54) is 0 Å². The average Bonchev–Trinajstić information content (AvgIpc) is 3.13. The van der Waals surface area contributed by atoms with E-state index in [9.17, 15) is 4.79 Å². The summed E-state index contributed by atoms with van der Waals surface area (Å²) < 4.78 is 5.54. The molecule has 1 fully saturated rings. The first kappa shape index (κ1) is 19.2. The molecule has 1 unspecified atom stereocenters. The smallest absolute Gasteiger partial charge is 0.251 e. The molecule has 0 aliphatic carbocycles. The standard InChI is InChI=1S/C19H30N4O2/c1-14(2)11-22-19(20-3)23-12-15-6-4-7-16(10-15)18(24)21-13-17-8-5-9-25-17/h4,6-7,10,14,17H,5,8-9,11-13H2,1-3H3,(H,21,24)(H2,20,22,23). The predicted octanol–water partition coefficient (Wildman–Crippen LogP) is 1.92. The molecule has 1 aliphatic heterocycles. The molecule has 1 aromatic carbocycles. The molecular weight excluding hydrogens is 316 g/mol. The maximum absolute atomic E-state index is 12.3. The number of amides is 1. The van der Waals surface area contributed by atoms with Crippen molar-refractivity contribution in [2.24, 2.45) is 10.9 Å². The lowest BCUT2D eigenvalue weighted by Crippen LogP contribution is -2.38. The highest BCUT2D eigenvalue weighted by Crippen LogP contribution is 2.11. The van der Waals surface area contributed by atoms with Gasteiger partial charge in [-0.05, 0) is 36.5 Å². The van der Waals surface area contributed by atoms with E-state index in [4.69, 9.17) is 4.74 Å². The summed E-state index contributed by atoms with van der Waals surface area (Å²) in [5, 5.41) is 9.50. The van der Waals surface area contributed by atoms with Crippen LogP contribution in [0.15, 0.2) is 29.3 Å². The number of carbonyl (C=O) groups is 1. The number of aliphatic imine (C=N–C) groups is 1. The molecule has 1 aromatic rings. The number of guanidine groups is 1. The van der Waals surface area contributed by atoms with Gasteiger partial charge in [0, 0.05) is 38.9 Å². The lowest BCUT2D eigenvalue weighted by Gasteiger charge is -2.14. The third-order valence-electron chi connectivity index (χ3n) is 4.06. The highest BCUT2D eigenvalue weighted by atomic mass is 16.5. The van der Waals surface area contributed by atoms with Gasteiger partial charge in [-0.3, -0.25) is 9.79 Å². The number of benzene rings is 1. The summed E-state index contributed by atoms with van der Waals surface area (Å²) in [4.78, 5) is 16.5. The number of hydrogen-bond donors (Lipinski definition) is 3. The van der Waals surface area contributed by atoms with Crippen LogP contribution in [0, 0.1) is 5.92 Å². The van der Waals surface area contributed by atoms with Crippen LogP contribution in [-0.4, -0.2) is 44.7 Å². The lowest BCUT2D eigenvalue weighted by molar-refractivity contribution is 0.0857. The minimum atomic E-state index is -0.0559. The van der Waals surface area contributed by atoms with Gasteiger partial charge in [-0.15, -0.1) is 0 Å². The van der Waals surface area contributed by atoms with Crippen LogP contribution in [0.2, 0.25) is 0 Å². The monoisotopic (exact) mass is 346 g/mol. The molecule has 0 aromatic heterocycles. The number of nitrogens with one attached hydrogen (secondary N) is 3. The first-order valence-corrected chi connectivity index (χ1v) is 9.01. The molecule has 1 aliphatic rings. The average molecular weight is 346 g/mol. The van der Waals surface area contributed by atoms with Crippen molar-refractivity contribution in [2.45, 2.75) is 39.3 Å². The van der Waals surface area contributed by atoms with Gasteiger partial charge in [0.2, 0.25) is 0 Å². The van der Waals surface area contributed by atoms with Gasteiger partial charge < -0.3 is 20.7 Å². The molecule has 3 N–H and O–H groups in total. The van der Waals surface area contributed by atoms with E-state index >= 15 is 0 Å². The SMILES string of the molecule is CN=C(NCc1cccc(C(=O)NCC2CCCO2)c1)NCC(C)C. The van der Waals surface area contributed by atoms with Crippen molar-refractivity contribution in [1.82, 2.24) is 16.0 Å². The zero-order valence-corrected chi connectivity index (χ0v) is 15.5. The van der Waals surface area contributed by atoms with Crippen LogP contribution in [0.3, 0.4) is 0 Å². The molecule has 1 amide bonds. The quantitative estimate of drug-likeness (QED) is 0.521. The molecule has 6 nitrogen and oxygen atoms in total. The van der Waals surface area contributed by atoms with Crippen LogP contribution >= 0.6 is 0 Å². The van der Waals surface area contributed by atoms with Crippen molar-refractivity contribution in [3.63, 3.8) is 0 Å². The molecule has 138 valence electrons. The predicted molar refractivity (Wildman–Crippen MR) is 101 cm³/mol. The molecule has 0 radical (unpaired) electrons. The normalized spacial score (nSPS) is 17.6. The van der Waals surface area contributed by atoms with Crippen LogP contribution in [0.1, 0.15) is 42.6 Å². The summed E-state index contributed by atoms with van der Waals surface area (Å²) in [7, 11) is 1.75. The molecule has 0 saturated carbocycles. The number of hydrogen-bond acceptors (Lipinski definition) is 3. The van der Waals surface area contributed by atoms with E-state index in [0.717, 1.165) is 37.5 Å². The van der Waals surface area contributed by atoms with Crippen LogP contribution < -0.4 is 16.0 Å². The maximum atomic E-state index is 12.3. The number of ether oxygens (including phenoxy) is 1. The summed E-state index contributed by atoms with van der Waals surface area (Å²) in [5.41, 5.74) is 1.71. The molecule has 0 spiro atoms. The Labute approximate surface area is 150 Å². The highest BCUT2D eigenvalue weighted by molar-refractivity contribution is 5.94. The van der Waals surface area contributed by atoms with Gasteiger partial charge in [0.1, 0.15) is 0 Å². The third kappa shape index (κ3) is 6.74. The third-order valence-corrected chi connectivity index (χ3v) is 4.06. The van der Waals surface area contributed by atoms with Gasteiger partial charge in [-0.2, -0.15) is 0 Å². The van der Waals surface area contributed by atoms with Gasteiger partial charge in [-0.1, -0.05) is 26.0 Å². The fourth-order valence-corrected chi connectivity index (χ4v) is 2.64. The van der Waals surface area contributed by atoms with Gasteiger partial charge in [0.25, 0.3) is 5.91 Å². The number of rotatable bonds is 7. The van der Waals surface area contributed by atoms with Gasteiger partial charge in [-0.25, -0.2) is 0 Å². The fourth-order valence-electron chi connectivity index (χ4n) is 2.64. The Morgan fingerprint density at radius 1 is 1.32 bits per heavy atom. The van der Waals surface area contributed by atoms with Gasteiger partial charge in [0.15, 0.2) is 5.96 Å². The Kier molecular flexibility index (Phi) is 7.73. The van der Waals surface area contributed by atoms with E-state index in [-0.39, 0.29) is 12.0 Å².